The monoisotopic (exact) mass is 372 g/mol. The van der Waals surface area contributed by atoms with Crippen molar-refractivity contribution in [1.29, 1.82) is 0 Å². The first-order chi connectivity index (χ1) is 12.5. The summed E-state index contributed by atoms with van der Waals surface area (Å²) >= 11 is 6.36. The van der Waals surface area contributed by atoms with Crippen molar-refractivity contribution in [3.63, 3.8) is 0 Å². The van der Waals surface area contributed by atoms with Gasteiger partial charge in [0.25, 0.3) is 0 Å². The molecule has 2 N–H and O–H groups in total. The molecular weight excluding hydrogens is 348 g/mol. The smallest absolute Gasteiger partial charge is 0.0838 e. The highest BCUT2D eigenvalue weighted by molar-refractivity contribution is 6.31. The molecule has 1 aliphatic rings. The van der Waals surface area contributed by atoms with E-state index in [0.717, 1.165) is 22.3 Å². The highest BCUT2D eigenvalue weighted by Crippen LogP contribution is 2.27. The Kier molecular flexibility index (Phi) is 7.68. The van der Waals surface area contributed by atoms with E-state index in [1.807, 2.05) is 37.3 Å². The molecule has 26 heavy (non-hydrogen) atoms. The number of allylic oxidation sites excluding steroid dienone is 4. The van der Waals surface area contributed by atoms with Gasteiger partial charge in [-0.1, -0.05) is 48.4 Å². The van der Waals surface area contributed by atoms with Gasteiger partial charge in [0.05, 0.1) is 24.9 Å². The summed E-state index contributed by atoms with van der Waals surface area (Å²) in [7, 11) is 0. The van der Waals surface area contributed by atoms with Crippen LogP contribution in [0.25, 0.3) is 0 Å². The van der Waals surface area contributed by atoms with Gasteiger partial charge < -0.3 is 14.9 Å². The molecule has 2 rings (SSSR count). The summed E-state index contributed by atoms with van der Waals surface area (Å²) < 4.78 is 5.87. The molecule has 0 radical (unpaired) electrons. The Morgan fingerprint density at radius 1 is 1.38 bits per heavy atom. The van der Waals surface area contributed by atoms with Crippen LogP contribution in [0.3, 0.4) is 0 Å². The minimum Gasteiger partial charge on any atom is -0.394 e. The molecule has 1 fully saturated rings. The van der Waals surface area contributed by atoms with E-state index >= 15 is 0 Å². The van der Waals surface area contributed by atoms with E-state index in [0.29, 0.717) is 24.3 Å². The fraction of sp³-hybridized carbons (Fsp3) is 0.364. The van der Waals surface area contributed by atoms with Gasteiger partial charge in [0.15, 0.2) is 0 Å². The zero-order chi connectivity index (χ0) is 19.1. The number of benzene rings is 1. The lowest BCUT2D eigenvalue weighted by Crippen LogP contribution is -2.38. The molecule has 1 aromatic carbocycles. The SMILES string of the molecule is C#Cc1ccc(CC(/C=C(\C)C2CC(O)CC(CO)O2)=C(\Cl)C=C)cc1. The summed E-state index contributed by atoms with van der Waals surface area (Å²) in [5.41, 5.74) is 3.79. The fourth-order valence-corrected chi connectivity index (χ4v) is 3.16. The minimum absolute atomic E-state index is 0.0987. The molecule has 0 bridgehead atoms. The molecule has 0 spiro atoms. The van der Waals surface area contributed by atoms with Gasteiger partial charge in [-0.25, -0.2) is 0 Å². The molecule has 0 saturated carbocycles. The van der Waals surface area contributed by atoms with E-state index < -0.39 is 6.10 Å². The zero-order valence-corrected chi connectivity index (χ0v) is 15.7. The lowest BCUT2D eigenvalue weighted by atomic mass is 9.94. The molecule has 4 heteroatoms. The third-order valence-electron chi connectivity index (χ3n) is 4.49. The minimum atomic E-state index is -0.479. The van der Waals surface area contributed by atoms with Crippen molar-refractivity contribution in [1.82, 2.24) is 0 Å². The molecule has 138 valence electrons. The lowest BCUT2D eigenvalue weighted by Gasteiger charge is -2.33. The Labute approximate surface area is 160 Å². The van der Waals surface area contributed by atoms with Crippen LogP contribution >= 0.6 is 11.6 Å². The first-order valence-electron chi connectivity index (χ1n) is 8.66. The second-order valence-electron chi connectivity index (χ2n) is 6.54. The Morgan fingerprint density at radius 2 is 2.08 bits per heavy atom. The van der Waals surface area contributed by atoms with E-state index in [9.17, 15) is 10.2 Å². The summed E-state index contributed by atoms with van der Waals surface area (Å²) in [5.74, 6) is 2.60. The maximum absolute atomic E-state index is 10.0. The average Bonchev–Trinajstić information content (AvgIpc) is 2.66. The van der Waals surface area contributed by atoms with Gasteiger partial charge in [-0.15, -0.1) is 6.42 Å². The van der Waals surface area contributed by atoms with E-state index in [1.54, 1.807) is 6.08 Å². The van der Waals surface area contributed by atoms with E-state index in [2.05, 4.69) is 12.5 Å². The van der Waals surface area contributed by atoms with Crippen LogP contribution in [-0.2, 0) is 11.2 Å². The van der Waals surface area contributed by atoms with Crippen LogP contribution in [0.15, 0.2) is 59.2 Å². The predicted octanol–water partition coefficient (Wildman–Crippen LogP) is 3.74. The van der Waals surface area contributed by atoms with Crippen LogP contribution in [0, 0.1) is 12.3 Å². The summed E-state index contributed by atoms with van der Waals surface area (Å²) in [6.45, 7) is 5.61. The molecule has 0 aliphatic carbocycles. The molecule has 3 atom stereocenters. The maximum atomic E-state index is 10.0. The van der Waals surface area contributed by atoms with Crippen molar-refractivity contribution in [2.45, 2.75) is 44.5 Å². The van der Waals surface area contributed by atoms with Gasteiger partial charge in [-0.05, 0) is 42.2 Å². The van der Waals surface area contributed by atoms with E-state index in [4.69, 9.17) is 22.8 Å². The molecular formula is C22H25ClO3. The molecule has 0 amide bonds. The number of ether oxygens (including phenoxy) is 1. The number of terminal acetylenes is 1. The first-order valence-corrected chi connectivity index (χ1v) is 9.03. The highest BCUT2D eigenvalue weighted by atomic mass is 35.5. The molecule has 1 aliphatic heterocycles. The second kappa shape index (κ2) is 9.75. The molecule has 1 saturated heterocycles. The Morgan fingerprint density at radius 3 is 2.65 bits per heavy atom. The standard InChI is InChI=1S/C22H25ClO3/c1-4-16-6-8-17(9-7-16)11-18(21(23)5-2)10-15(3)22-13-19(25)12-20(14-24)26-22/h1,5-10,19-20,22,24-25H,2,11-14H2,3H3/b15-10+,21-18-. The topological polar surface area (TPSA) is 49.7 Å². The van der Waals surface area contributed by atoms with Gasteiger partial charge in [0, 0.05) is 23.4 Å². The summed E-state index contributed by atoms with van der Waals surface area (Å²) in [4.78, 5) is 0. The second-order valence-corrected chi connectivity index (χ2v) is 6.95. The molecule has 1 aromatic rings. The number of aliphatic hydroxyl groups is 2. The van der Waals surface area contributed by atoms with Crippen molar-refractivity contribution in [3.05, 3.63) is 70.3 Å². The largest absolute Gasteiger partial charge is 0.394 e. The van der Waals surface area contributed by atoms with Gasteiger partial charge in [0.1, 0.15) is 0 Å². The Balaban J connectivity index is 2.22. The molecule has 0 aromatic heterocycles. The fourth-order valence-electron chi connectivity index (χ4n) is 3.04. The van der Waals surface area contributed by atoms with Crippen LogP contribution in [0.4, 0.5) is 0 Å². The van der Waals surface area contributed by atoms with Crippen LogP contribution in [0.1, 0.15) is 30.9 Å². The van der Waals surface area contributed by atoms with Crippen molar-refractivity contribution in [3.8, 4) is 12.3 Å². The highest BCUT2D eigenvalue weighted by Gasteiger charge is 2.28. The Hall–Kier alpha value is -1.83. The average molecular weight is 373 g/mol. The molecule has 1 heterocycles. The van der Waals surface area contributed by atoms with Crippen molar-refractivity contribution < 1.29 is 14.9 Å². The number of rotatable bonds is 6. The van der Waals surface area contributed by atoms with Crippen molar-refractivity contribution >= 4 is 11.6 Å². The zero-order valence-electron chi connectivity index (χ0n) is 15.0. The Bertz CT molecular complexity index is 725. The number of aliphatic hydroxyl groups excluding tert-OH is 2. The van der Waals surface area contributed by atoms with Crippen LogP contribution in [0.5, 0.6) is 0 Å². The van der Waals surface area contributed by atoms with E-state index in [1.165, 1.54) is 0 Å². The third kappa shape index (κ3) is 5.59. The van der Waals surface area contributed by atoms with Gasteiger partial charge in [-0.2, -0.15) is 0 Å². The molecule has 3 nitrogen and oxygen atoms in total. The van der Waals surface area contributed by atoms with Crippen molar-refractivity contribution in [2.24, 2.45) is 0 Å². The third-order valence-corrected chi connectivity index (χ3v) is 4.89. The maximum Gasteiger partial charge on any atom is 0.0838 e. The first kappa shape index (κ1) is 20.5. The summed E-state index contributed by atoms with van der Waals surface area (Å²) in [6, 6.07) is 7.76. The summed E-state index contributed by atoms with van der Waals surface area (Å²) in [5, 5.41) is 19.9. The number of halogens is 1. The normalized spacial score (nSPS) is 24.6. The number of hydrogen-bond donors (Lipinski definition) is 2. The lowest BCUT2D eigenvalue weighted by molar-refractivity contribution is -0.0974. The van der Waals surface area contributed by atoms with Crippen LogP contribution in [0.2, 0.25) is 0 Å². The molecule has 3 unspecified atom stereocenters. The van der Waals surface area contributed by atoms with Gasteiger partial charge in [0.2, 0.25) is 0 Å². The van der Waals surface area contributed by atoms with Crippen molar-refractivity contribution in [2.75, 3.05) is 6.61 Å². The predicted molar refractivity (Wildman–Crippen MR) is 106 cm³/mol. The number of hydrogen-bond acceptors (Lipinski definition) is 3. The quantitative estimate of drug-likeness (QED) is 0.590. The van der Waals surface area contributed by atoms with E-state index in [-0.39, 0.29) is 18.8 Å². The van der Waals surface area contributed by atoms with Gasteiger partial charge in [-0.3, -0.25) is 0 Å². The van der Waals surface area contributed by atoms with Crippen LogP contribution < -0.4 is 0 Å². The summed E-state index contributed by atoms with van der Waals surface area (Å²) in [6.07, 6.45) is 9.52. The van der Waals surface area contributed by atoms with Crippen LogP contribution in [-0.4, -0.2) is 35.1 Å². The van der Waals surface area contributed by atoms with Gasteiger partial charge >= 0.3 is 0 Å².